The second-order valence-electron chi connectivity index (χ2n) is 3.30. The number of carbonyl (C=O) groups excluding carboxylic acids is 2. The molecule has 18 heavy (non-hydrogen) atoms. The second kappa shape index (κ2) is 6.11. The number of nitriles is 1. The molecule has 0 bridgehead atoms. The summed E-state index contributed by atoms with van der Waals surface area (Å²) in [5.74, 6) is -1.18. The third-order valence-electron chi connectivity index (χ3n) is 2.14. The van der Waals surface area contributed by atoms with E-state index in [1.807, 2.05) is 0 Å². The number of rotatable bonds is 4. The number of hydrogen-bond acceptors (Lipinski definition) is 5. The van der Waals surface area contributed by atoms with Crippen molar-refractivity contribution in [1.82, 2.24) is 0 Å². The minimum atomic E-state index is -0.680. The first-order valence-corrected chi connectivity index (χ1v) is 4.97. The van der Waals surface area contributed by atoms with E-state index in [1.54, 1.807) is 24.3 Å². The topological polar surface area (TPSA) is 91.0 Å². The fourth-order valence-electron chi connectivity index (χ4n) is 1.28. The molecule has 0 atom stereocenters. The second-order valence-corrected chi connectivity index (χ2v) is 3.30. The van der Waals surface area contributed by atoms with E-state index in [0.29, 0.717) is 17.3 Å². The van der Waals surface area contributed by atoms with E-state index in [9.17, 15) is 9.59 Å². The van der Waals surface area contributed by atoms with Crippen molar-refractivity contribution in [2.24, 2.45) is 0 Å². The van der Waals surface area contributed by atoms with E-state index in [2.05, 4.69) is 4.74 Å². The smallest absolute Gasteiger partial charge is 0.337 e. The van der Waals surface area contributed by atoms with Crippen molar-refractivity contribution in [2.75, 3.05) is 7.11 Å². The van der Waals surface area contributed by atoms with Crippen LogP contribution in [-0.4, -0.2) is 25.1 Å². The molecule has 1 N–H and O–H groups in total. The number of methoxy groups -OCH3 is 1. The standard InChI is InChI=1S/C13H10N2O3/c1-18-13(17)10-4-2-3-9(5-10)6-11(7-14)12(16)8-15/h2-6,8,15H,1H3. The van der Waals surface area contributed by atoms with Crippen molar-refractivity contribution in [3.05, 3.63) is 41.0 Å². The third kappa shape index (κ3) is 3.12. The van der Waals surface area contributed by atoms with Crippen molar-refractivity contribution in [1.29, 1.82) is 10.7 Å². The molecule has 5 nitrogen and oxygen atoms in total. The lowest BCUT2D eigenvalue weighted by molar-refractivity contribution is -0.109. The van der Waals surface area contributed by atoms with Crippen LogP contribution < -0.4 is 0 Å². The summed E-state index contributed by atoms with van der Waals surface area (Å²) < 4.78 is 4.56. The molecule has 90 valence electrons. The number of esters is 1. The first kappa shape index (κ1) is 13.3. The number of Topliss-reactive ketones (excluding diaryl/α,β-unsaturated/α-hetero) is 1. The third-order valence-corrected chi connectivity index (χ3v) is 2.14. The number of hydrogen-bond donors (Lipinski definition) is 1. The van der Waals surface area contributed by atoms with Crippen LogP contribution in [0.4, 0.5) is 0 Å². The Labute approximate surface area is 104 Å². The summed E-state index contributed by atoms with van der Waals surface area (Å²) in [5, 5.41) is 15.6. The fraction of sp³-hybridized carbons (Fsp3) is 0.0769. The van der Waals surface area contributed by atoms with Gasteiger partial charge in [0.2, 0.25) is 5.78 Å². The Morgan fingerprint density at radius 1 is 1.44 bits per heavy atom. The predicted octanol–water partition coefficient (Wildman–Crippen LogP) is 1.60. The van der Waals surface area contributed by atoms with Gasteiger partial charge in [0.1, 0.15) is 11.6 Å². The van der Waals surface area contributed by atoms with Gasteiger partial charge in [-0.15, -0.1) is 0 Å². The molecule has 0 unspecified atom stereocenters. The largest absolute Gasteiger partial charge is 0.465 e. The number of benzene rings is 1. The zero-order valence-electron chi connectivity index (χ0n) is 9.64. The highest BCUT2D eigenvalue weighted by Crippen LogP contribution is 2.11. The lowest BCUT2D eigenvalue weighted by Crippen LogP contribution is -2.02. The Bertz CT molecular complexity index is 568. The molecule has 0 aromatic heterocycles. The predicted molar refractivity (Wildman–Crippen MR) is 65.2 cm³/mol. The Morgan fingerprint density at radius 2 is 2.17 bits per heavy atom. The van der Waals surface area contributed by atoms with E-state index in [0.717, 1.165) is 0 Å². The molecule has 0 radical (unpaired) electrons. The molecule has 0 saturated heterocycles. The van der Waals surface area contributed by atoms with Crippen LogP contribution in [0.3, 0.4) is 0 Å². The minimum Gasteiger partial charge on any atom is -0.465 e. The van der Waals surface area contributed by atoms with Crippen LogP contribution >= 0.6 is 0 Å². The highest BCUT2D eigenvalue weighted by molar-refractivity contribution is 6.36. The summed E-state index contributed by atoms with van der Waals surface area (Å²) in [7, 11) is 1.27. The van der Waals surface area contributed by atoms with E-state index in [1.165, 1.54) is 19.3 Å². The van der Waals surface area contributed by atoms with Crippen LogP contribution in [0.2, 0.25) is 0 Å². The van der Waals surface area contributed by atoms with Gasteiger partial charge in [-0.3, -0.25) is 4.79 Å². The highest BCUT2D eigenvalue weighted by atomic mass is 16.5. The average Bonchev–Trinajstić information content (AvgIpc) is 2.43. The molecular weight excluding hydrogens is 232 g/mol. The van der Waals surface area contributed by atoms with Gasteiger partial charge in [-0.25, -0.2) is 4.79 Å². The summed E-state index contributed by atoms with van der Waals surface area (Å²) in [6, 6.07) is 8.02. The van der Waals surface area contributed by atoms with Gasteiger partial charge >= 0.3 is 5.97 Å². The quantitative estimate of drug-likeness (QED) is 0.375. The van der Waals surface area contributed by atoms with Crippen LogP contribution in [0.1, 0.15) is 15.9 Å². The van der Waals surface area contributed by atoms with E-state index < -0.39 is 11.8 Å². The van der Waals surface area contributed by atoms with E-state index in [4.69, 9.17) is 10.7 Å². The molecule has 0 aliphatic carbocycles. The molecule has 0 heterocycles. The molecule has 1 aromatic rings. The van der Waals surface area contributed by atoms with E-state index in [-0.39, 0.29) is 5.57 Å². The van der Waals surface area contributed by atoms with Gasteiger partial charge in [-0.05, 0) is 23.8 Å². The Hall–Kier alpha value is -2.74. The SMILES string of the molecule is COC(=O)c1cccc(C=C(C#N)C(=O)C=N)c1. The van der Waals surface area contributed by atoms with Crippen molar-refractivity contribution in [3.63, 3.8) is 0 Å². The van der Waals surface area contributed by atoms with Crippen LogP contribution in [0.15, 0.2) is 29.8 Å². The molecule has 0 fully saturated rings. The number of allylic oxidation sites excluding steroid dienone is 1. The lowest BCUT2D eigenvalue weighted by Gasteiger charge is -2.00. The Balaban J connectivity index is 3.15. The van der Waals surface area contributed by atoms with Crippen molar-refractivity contribution >= 4 is 24.0 Å². The number of nitrogens with zero attached hydrogens (tertiary/aromatic N) is 1. The summed E-state index contributed by atoms with van der Waals surface area (Å²) >= 11 is 0. The van der Waals surface area contributed by atoms with Gasteiger partial charge in [0.15, 0.2) is 0 Å². The molecule has 0 saturated carbocycles. The maximum Gasteiger partial charge on any atom is 0.337 e. The summed E-state index contributed by atoms with van der Waals surface area (Å²) in [5.41, 5.74) is 0.683. The van der Waals surface area contributed by atoms with Crippen molar-refractivity contribution in [3.8, 4) is 6.07 Å². The van der Waals surface area contributed by atoms with Gasteiger partial charge in [0.05, 0.1) is 18.9 Å². The molecule has 5 heteroatoms. The van der Waals surface area contributed by atoms with Gasteiger partial charge in [0.25, 0.3) is 0 Å². The molecular formula is C13H10N2O3. The monoisotopic (exact) mass is 242 g/mol. The molecule has 0 aliphatic rings. The summed E-state index contributed by atoms with van der Waals surface area (Å²) in [4.78, 5) is 22.5. The maximum absolute atomic E-state index is 11.3. The number of ether oxygens (including phenoxy) is 1. The number of carbonyl (C=O) groups is 2. The summed E-state index contributed by atoms with van der Waals surface area (Å²) in [6.07, 6.45) is 1.89. The van der Waals surface area contributed by atoms with Crippen molar-refractivity contribution in [2.45, 2.75) is 0 Å². The number of ketones is 1. The highest BCUT2D eigenvalue weighted by Gasteiger charge is 2.08. The molecule has 0 amide bonds. The lowest BCUT2D eigenvalue weighted by atomic mass is 10.1. The zero-order valence-corrected chi connectivity index (χ0v) is 9.64. The number of nitrogens with one attached hydrogen (secondary N) is 1. The maximum atomic E-state index is 11.3. The Kier molecular flexibility index (Phi) is 4.52. The molecule has 0 spiro atoms. The molecule has 1 aromatic carbocycles. The van der Waals surface area contributed by atoms with Gasteiger partial charge in [0, 0.05) is 0 Å². The fourth-order valence-corrected chi connectivity index (χ4v) is 1.28. The normalized spacial score (nSPS) is 10.3. The van der Waals surface area contributed by atoms with Crippen LogP contribution in [0.5, 0.6) is 0 Å². The van der Waals surface area contributed by atoms with Gasteiger partial charge in [-0.1, -0.05) is 12.1 Å². The van der Waals surface area contributed by atoms with Gasteiger partial charge < -0.3 is 10.1 Å². The van der Waals surface area contributed by atoms with Crippen molar-refractivity contribution < 1.29 is 14.3 Å². The minimum absolute atomic E-state index is 0.160. The molecule has 1 rings (SSSR count). The average molecular weight is 242 g/mol. The van der Waals surface area contributed by atoms with Crippen LogP contribution in [-0.2, 0) is 9.53 Å². The Morgan fingerprint density at radius 3 is 2.72 bits per heavy atom. The van der Waals surface area contributed by atoms with Gasteiger partial charge in [-0.2, -0.15) is 5.26 Å². The first-order valence-electron chi connectivity index (χ1n) is 4.97. The van der Waals surface area contributed by atoms with Crippen LogP contribution in [0.25, 0.3) is 6.08 Å². The van der Waals surface area contributed by atoms with Crippen LogP contribution in [0, 0.1) is 16.7 Å². The summed E-state index contributed by atoms with van der Waals surface area (Å²) in [6.45, 7) is 0. The first-order chi connectivity index (χ1) is 8.62. The molecule has 0 aliphatic heterocycles. The van der Waals surface area contributed by atoms with E-state index >= 15 is 0 Å². The zero-order chi connectivity index (χ0) is 13.5.